The minimum absolute atomic E-state index is 0.0169. The van der Waals surface area contributed by atoms with Crippen LogP contribution in [0.5, 0.6) is 10.8 Å². The third kappa shape index (κ3) is 4.67. The summed E-state index contributed by atoms with van der Waals surface area (Å²) in [6.07, 6.45) is -1.12. The molecule has 0 aliphatic heterocycles. The molecular formula is C19H18N2O6S2. The first-order chi connectivity index (χ1) is 14.0. The van der Waals surface area contributed by atoms with E-state index in [1.165, 1.54) is 30.8 Å². The first-order valence-corrected chi connectivity index (χ1v) is 10.7. The number of benzene rings is 2. The summed E-state index contributed by atoms with van der Waals surface area (Å²) in [5.74, 6) is 0.526. The number of hydrogen-bond acceptors (Lipinski definition) is 7. The molecule has 0 saturated heterocycles. The number of thiophene rings is 1. The van der Waals surface area contributed by atoms with Crippen molar-refractivity contribution in [3.8, 4) is 10.8 Å². The minimum atomic E-state index is -4.00. The highest BCUT2D eigenvalue weighted by Crippen LogP contribution is 2.38. The number of hydrogen-bond donors (Lipinski definition) is 2. The summed E-state index contributed by atoms with van der Waals surface area (Å²) in [5.41, 5.74) is 2.29. The van der Waals surface area contributed by atoms with E-state index in [2.05, 4.69) is 0 Å². The van der Waals surface area contributed by atoms with Crippen LogP contribution < -0.4 is 19.3 Å². The van der Waals surface area contributed by atoms with Gasteiger partial charge in [-0.3, -0.25) is 9.51 Å². The molecule has 2 N–H and O–H groups in total. The molecule has 1 amide bonds. The van der Waals surface area contributed by atoms with Crippen LogP contribution in [0, 0.1) is 0 Å². The third-order valence-corrected chi connectivity index (χ3v) is 6.52. The fourth-order valence-electron chi connectivity index (χ4n) is 2.58. The average Bonchev–Trinajstić information content (AvgIpc) is 3.20. The van der Waals surface area contributed by atoms with Crippen molar-refractivity contribution in [2.75, 3.05) is 11.4 Å². The molecule has 0 fully saturated rings. The molecule has 0 spiro atoms. The lowest BCUT2D eigenvalue weighted by Gasteiger charge is -2.24. The van der Waals surface area contributed by atoms with Crippen LogP contribution in [0.4, 0.5) is 10.5 Å². The van der Waals surface area contributed by atoms with E-state index in [9.17, 15) is 13.2 Å². The van der Waals surface area contributed by atoms with Gasteiger partial charge in [-0.25, -0.2) is 18.7 Å². The van der Waals surface area contributed by atoms with Crippen LogP contribution in [0.2, 0.25) is 0 Å². The highest BCUT2D eigenvalue weighted by atomic mass is 32.2. The van der Waals surface area contributed by atoms with Crippen molar-refractivity contribution in [2.45, 2.75) is 11.4 Å². The number of rotatable bonds is 7. The highest BCUT2D eigenvalue weighted by molar-refractivity contribution is 7.92. The van der Waals surface area contributed by atoms with Crippen molar-refractivity contribution in [3.63, 3.8) is 0 Å². The maximum absolute atomic E-state index is 13.4. The predicted molar refractivity (Wildman–Crippen MR) is 108 cm³/mol. The van der Waals surface area contributed by atoms with E-state index >= 15 is 0 Å². The molecule has 3 rings (SSSR count). The van der Waals surface area contributed by atoms with Gasteiger partial charge in [0, 0.05) is 0 Å². The fraction of sp³-hybridized carbons (Fsp3) is 0.105. The lowest BCUT2D eigenvalue weighted by Crippen LogP contribution is -2.31. The second kappa shape index (κ2) is 8.95. The van der Waals surface area contributed by atoms with Crippen LogP contribution in [0.1, 0.15) is 5.56 Å². The number of nitrogens with zero attached hydrogens (tertiary/aromatic N) is 1. The lowest BCUT2D eigenvalue weighted by molar-refractivity contribution is 0.129. The van der Waals surface area contributed by atoms with Crippen molar-refractivity contribution < 1.29 is 27.9 Å². The first kappa shape index (κ1) is 20.6. The number of nitrogens with one attached hydrogen (secondary N) is 1. The van der Waals surface area contributed by atoms with Gasteiger partial charge in [-0.2, -0.15) is 0 Å². The van der Waals surface area contributed by atoms with Crippen LogP contribution in [0.15, 0.2) is 70.9 Å². The van der Waals surface area contributed by atoms with Crippen molar-refractivity contribution in [1.29, 1.82) is 0 Å². The van der Waals surface area contributed by atoms with E-state index in [0.717, 1.165) is 21.2 Å². The van der Waals surface area contributed by atoms with Crippen molar-refractivity contribution in [3.05, 3.63) is 71.6 Å². The van der Waals surface area contributed by atoms with E-state index < -0.39 is 16.1 Å². The summed E-state index contributed by atoms with van der Waals surface area (Å²) in [5, 5.41) is 10.3. The van der Waals surface area contributed by atoms with Gasteiger partial charge in [0.25, 0.3) is 10.0 Å². The van der Waals surface area contributed by atoms with Crippen LogP contribution in [-0.4, -0.2) is 26.8 Å². The quantitative estimate of drug-likeness (QED) is 0.435. The lowest BCUT2D eigenvalue weighted by atomic mass is 10.2. The van der Waals surface area contributed by atoms with E-state index in [1.54, 1.807) is 41.8 Å². The minimum Gasteiger partial charge on any atom is -0.497 e. The van der Waals surface area contributed by atoms with E-state index in [-0.39, 0.29) is 22.2 Å². The smallest absolute Gasteiger partial charge is 0.437 e. The fourth-order valence-corrected chi connectivity index (χ4v) is 4.84. The number of amides is 1. The average molecular weight is 434 g/mol. The number of carbonyl (C=O) groups excluding carboxylic acids is 1. The Morgan fingerprint density at radius 3 is 2.41 bits per heavy atom. The van der Waals surface area contributed by atoms with Crippen molar-refractivity contribution in [2.24, 2.45) is 0 Å². The number of methoxy groups -OCH3 is 1. The largest absolute Gasteiger partial charge is 0.497 e. The van der Waals surface area contributed by atoms with Gasteiger partial charge in [-0.15, -0.1) is 11.3 Å². The number of hydroxylamine groups is 1. The zero-order valence-corrected chi connectivity index (χ0v) is 16.9. The number of ether oxygens (including phenoxy) is 2. The molecule has 152 valence electrons. The molecule has 0 saturated carbocycles. The Morgan fingerprint density at radius 2 is 1.79 bits per heavy atom. The molecule has 0 bridgehead atoms. The monoisotopic (exact) mass is 434 g/mol. The summed E-state index contributed by atoms with van der Waals surface area (Å²) in [6.45, 7) is 0.0169. The Kier molecular flexibility index (Phi) is 6.37. The van der Waals surface area contributed by atoms with Gasteiger partial charge < -0.3 is 9.47 Å². The Bertz CT molecular complexity index is 1070. The van der Waals surface area contributed by atoms with Gasteiger partial charge in [0.1, 0.15) is 11.4 Å². The Hall–Kier alpha value is -3.08. The molecule has 1 heterocycles. The first-order valence-electron chi connectivity index (χ1n) is 8.36. The number of anilines is 1. The van der Waals surface area contributed by atoms with Crippen LogP contribution in [0.25, 0.3) is 0 Å². The van der Waals surface area contributed by atoms with Gasteiger partial charge in [-0.1, -0.05) is 30.3 Å². The molecule has 8 nitrogen and oxygen atoms in total. The predicted octanol–water partition coefficient (Wildman–Crippen LogP) is 3.63. The number of sulfonamides is 1. The molecule has 0 radical (unpaired) electrons. The molecule has 29 heavy (non-hydrogen) atoms. The van der Waals surface area contributed by atoms with Gasteiger partial charge in [0.05, 0.1) is 18.6 Å². The molecule has 1 aromatic heterocycles. The van der Waals surface area contributed by atoms with Gasteiger partial charge in [0.2, 0.25) is 5.06 Å². The Morgan fingerprint density at radius 1 is 1.10 bits per heavy atom. The van der Waals surface area contributed by atoms with Crippen molar-refractivity contribution >= 4 is 33.1 Å². The number of carbonyl (C=O) groups is 1. The zero-order chi connectivity index (χ0) is 20.9. The van der Waals surface area contributed by atoms with E-state index in [4.69, 9.17) is 14.7 Å². The zero-order valence-electron chi connectivity index (χ0n) is 15.3. The molecule has 2 aromatic carbocycles. The molecule has 10 heteroatoms. The van der Waals surface area contributed by atoms with Gasteiger partial charge >= 0.3 is 6.09 Å². The van der Waals surface area contributed by atoms with Crippen LogP contribution in [-0.2, 0) is 16.6 Å². The van der Waals surface area contributed by atoms with Gasteiger partial charge in [-0.05, 0) is 41.3 Å². The van der Waals surface area contributed by atoms with Crippen LogP contribution >= 0.6 is 11.3 Å². The molecule has 0 aliphatic rings. The van der Waals surface area contributed by atoms with E-state index in [1.807, 2.05) is 6.07 Å². The third-order valence-electron chi connectivity index (χ3n) is 3.97. The SMILES string of the molecule is COc1ccc(S(=O)(=O)N(Cc2ccccc2)c2ccsc2OC(=O)NO)cc1. The topological polar surface area (TPSA) is 105 Å². The second-order valence-corrected chi connectivity index (χ2v) is 8.51. The summed E-state index contributed by atoms with van der Waals surface area (Å²) < 4.78 is 38.1. The summed E-state index contributed by atoms with van der Waals surface area (Å²) in [6, 6.07) is 16.6. The molecular weight excluding hydrogens is 416 g/mol. The normalized spacial score (nSPS) is 11.0. The van der Waals surface area contributed by atoms with Crippen LogP contribution in [0.3, 0.4) is 0 Å². The summed E-state index contributed by atoms with van der Waals surface area (Å²) in [7, 11) is -2.51. The molecule has 0 unspecified atom stereocenters. The Balaban J connectivity index is 2.06. The van der Waals surface area contributed by atoms with E-state index in [0.29, 0.717) is 5.75 Å². The molecule has 0 aliphatic carbocycles. The Labute approximate surface area is 171 Å². The van der Waals surface area contributed by atoms with Crippen molar-refractivity contribution in [1.82, 2.24) is 5.48 Å². The molecule has 3 aromatic rings. The maximum atomic E-state index is 13.4. The summed E-state index contributed by atoms with van der Waals surface area (Å²) in [4.78, 5) is 11.5. The standard InChI is InChI=1S/C19H18N2O6S2/c1-26-15-7-9-16(10-8-15)29(24,25)21(13-14-5-3-2-4-6-14)17-11-12-28-18(17)27-19(22)20-23/h2-12,23H,13H2,1H3,(H,20,22). The van der Waals surface area contributed by atoms with Gasteiger partial charge in [0.15, 0.2) is 0 Å². The maximum Gasteiger partial charge on any atom is 0.437 e. The highest BCUT2D eigenvalue weighted by Gasteiger charge is 2.29. The molecule has 0 atom stereocenters. The summed E-state index contributed by atoms with van der Waals surface area (Å²) >= 11 is 1.03. The second-order valence-electron chi connectivity index (χ2n) is 5.77.